The van der Waals surface area contributed by atoms with Crippen molar-refractivity contribution in [1.29, 1.82) is 5.26 Å². The van der Waals surface area contributed by atoms with Crippen molar-refractivity contribution >= 4 is 11.8 Å². The number of Topliss-reactive ketones (excluding diaryl/α,β-unsaturated/α-hetero) is 1. The van der Waals surface area contributed by atoms with Crippen molar-refractivity contribution in [2.75, 3.05) is 7.11 Å². The number of nitrogens with zero attached hydrogens (tertiary/aromatic N) is 1. The second kappa shape index (κ2) is 7.81. The number of ketones is 1. The molecule has 0 amide bonds. The van der Waals surface area contributed by atoms with E-state index >= 15 is 0 Å². The smallest absolute Gasteiger partial charge is 0.319 e. The number of fused-ring (bicyclic) bond motifs is 7. The molecule has 1 unspecified atom stereocenters. The zero-order chi connectivity index (χ0) is 26.5. The van der Waals surface area contributed by atoms with Gasteiger partial charge in [-0.2, -0.15) is 5.26 Å². The van der Waals surface area contributed by atoms with E-state index in [0.717, 1.165) is 25.2 Å². The Hall–Kier alpha value is -1.89. The lowest BCUT2D eigenvalue weighted by atomic mass is 9.34. The summed E-state index contributed by atoms with van der Waals surface area (Å²) >= 11 is 0. The van der Waals surface area contributed by atoms with Gasteiger partial charge in [0.25, 0.3) is 0 Å². The summed E-state index contributed by atoms with van der Waals surface area (Å²) in [7, 11) is 1.36. The molecule has 0 aromatic rings. The monoisotopic (exact) mass is 491 g/mol. The van der Waals surface area contributed by atoms with Crippen LogP contribution in [-0.2, 0) is 14.3 Å². The van der Waals surface area contributed by atoms with E-state index in [9.17, 15) is 14.9 Å². The highest BCUT2D eigenvalue weighted by Crippen LogP contribution is 2.75. The number of carbonyl (C=O) groups excluding carboxylic acids is 2. The highest BCUT2D eigenvalue weighted by Gasteiger charge is 2.70. The first kappa shape index (κ1) is 25.7. The minimum absolute atomic E-state index is 0.0402. The van der Waals surface area contributed by atoms with Gasteiger partial charge in [0, 0.05) is 0 Å². The number of allylic oxidation sites excluding steroid dienone is 4. The molecule has 0 saturated heterocycles. The average molecular weight is 492 g/mol. The molecule has 3 fully saturated rings. The fourth-order valence-corrected chi connectivity index (χ4v) is 10.6. The minimum Gasteiger partial charge on any atom is -0.468 e. The molecule has 0 aliphatic heterocycles. The van der Waals surface area contributed by atoms with Gasteiger partial charge in [-0.25, -0.2) is 0 Å². The van der Waals surface area contributed by atoms with Crippen LogP contribution in [0.3, 0.4) is 0 Å². The molecule has 0 aromatic carbocycles. The van der Waals surface area contributed by atoms with E-state index in [0.29, 0.717) is 17.3 Å². The molecule has 4 nitrogen and oxygen atoms in total. The highest BCUT2D eigenvalue weighted by atomic mass is 16.5. The molecular formula is C32H45NO3. The number of carbonyl (C=O) groups is 2. The van der Waals surface area contributed by atoms with Gasteiger partial charge < -0.3 is 4.74 Å². The van der Waals surface area contributed by atoms with E-state index in [4.69, 9.17) is 4.74 Å². The molecule has 5 rings (SSSR count). The van der Waals surface area contributed by atoms with Gasteiger partial charge in [-0.1, -0.05) is 59.3 Å². The van der Waals surface area contributed by atoms with Crippen LogP contribution in [0.1, 0.15) is 93.4 Å². The normalized spacial score (nSPS) is 51.9. The molecule has 3 saturated carbocycles. The van der Waals surface area contributed by atoms with Crippen LogP contribution < -0.4 is 0 Å². The number of nitriles is 1. The molecule has 5 aliphatic rings. The summed E-state index contributed by atoms with van der Waals surface area (Å²) in [4.78, 5) is 26.6. The van der Waals surface area contributed by atoms with Crippen LogP contribution in [0.25, 0.3) is 0 Å². The maximum atomic E-state index is 13.5. The summed E-state index contributed by atoms with van der Waals surface area (Å²) in [5.74, 6) is 1.30. The first-order valence-corrected chi connectivity index (χ1v) is 14.2. The Morgan fingerprint density at radius 3 is 2.36 bits per heavy atom. The predicted octanol–water partition coefficient (Wildman–Crippen LogP) is 7.06. The Morgan fingerprint density at radius 1 is 1.03 bits per heavy atom. The molecule has 5 aliphatic carbocycles. The SMILES string of the molecule is COC(=O)[C@@]1(C)C(=O)C(C#N)=C[C@]2(C)[C@H]3CC=C4[C@@H]5C(C)[C@H](C)CC[C@]5(C)CC[C@@]4(C)[C@]3(C)CC[C@@H]12. The molecule has 0 aromatic heterocycles. The maximum absolute atomic E-state index is 13.5. The van der Waals surface area contributed by atoms with Gasteiger partial charge in [-0.3, -0.25) is 9.59 Å². The molecule has 0 radical (unpaired) electrons. The first-order chi connectivity index (χ1) is 16.7. The second-order valence-electron chi connectivity index (χ2n) is 14.4. The summed E-state index contributed by atoms with van der Waals surface area (Å²) in [6, 6.07) is 2.16. The number of rotatable bonds is 1. The van der Waals surface area contributed by atoms with E-state index in [1.165, 1.54) is 32.8 Å². The van der Waals surface area contributed by atoms with Gasteiger partial charge in [0.2, 0.25) is 0 Å². The standard InChI is InChI=1S/C32H45NO3/c1-19-11-13-28(3)15-16-30(5)22(25(28)20(19)2)9-10-23-29(4)17-21(18-33)26(34)32(7,27(35)36-8)24(29)12-14-31(23,30)6/h9,17,19-20,23-25H,10-16H2,1-8H3/t19-,20?,23-,24-,25+,28-,29-,30-,31-,32-/m1/s1. The van der Waals surface area contributed by atoms with Crippen LogP contribution in [0.2, 0.25) is 0 Å². The third kappa shape index (κ3) is 2.87. The summed E-state index contributed by atoms with van der Waals surface area (Å²) < 4.78 is 5.20. The third-order valence-electron chi connectivity index (χ3n) is 13.2. The molecule has 36 heavy (non-hydrogen) atoms. The Bertz CT molecular complexity index is 1110. The van der Waals surface area contributed by atoms with Crippen molar-refractivity contribution in [3.05, 3.63) is 23.3 Å². The number of hydrogen-bond donors (Lipinski definition) is 0. The zero-order valence-corrected chi connectivity index (χ0v) is 23.7. The summed E-state index contributed by atoms with van der Waals surface area (Å²) in [5, 5.41) is 9.96. The molecule has 0 heterocycles. The van der Waals surface area contributed by atoms with Crippen LogP contribution in [0.5, 0.6) is 0 Å². The lowest BCUT2D eigenvalue weighted by Gasteiger charge is -2.70. The third-order valence-corrected chi connectivity index (χ3v) is 13.2. The van der Waals surface area contributed by atoms with Gasteiger partial charge in [0.1, 0.15) is 11.5 Å². The Kier molecular flexibility index (Phi) is 5.59. The van der Waals surface area contributed by atoms with Gasteiger partial charge in [-0.05, 0) is 103 Å². The van der Waals surface area contributed by atoms with Crippen molar-refractivity contribution in [2.24, 2.45) is 56.7 Å². The number of methoxy groups -OCH3 is 1. The van der Waals surface area contributed by atoms with E-state index < -0.39 is 16.8 Å². The summed E-state index contributed by atoms with van der Waals surface area (Å²) in [5.41, 5.74) is 0.609. The molecule has 0 N–H and O–H groups in total. The topological polar surface area (TPSA) is 67.2 Å². The van der Waals surface area contributed by atoms with Crippen molar-refractivity contribution in [1.82, 2.24) is 0 Å². The van der Waals surface area contributed by atoms with Crippen molar-refractivity contribution in [3.8, 4) is 6.07 Å². The minimum atomic E-state index is -1.31. The molecule has 0 spiro atoms. The van der Waals surface area contributed by atoms with Crippen LogP contribution in [-0.4, -0.2) is 18.9 Å². The van der Waals surface area contributed by atoms with Crippen LogP contribution in [0, 0.1) is 68.0 Å². The van der Waals surface area contributed by atoms with Crippen LogP contribution in [0.4, 0.5) is 0 Å². The summed E-state index contributed by atoms with van der Waals surface area (Å²) in [6.45, 7) is 16.5. The number of hydrogen-bond acceptors (Lipinski definition) is 4. The largest absolute Gasteiger partial charge is 0.468 e. The van der Waals surface area contributed by atoms with Crippen molar-refractivity contribution in [2.45, 2.75) is 93.4 Å². The van der Waals surface area contributed by atoms with Gasteiger partial charge in [0.05, 0.1) is 12.7 Å². The first-order valence-electron chi connectivity index (χ1n) is 14.2. The number of esters is 1. The maximum Gasteiger partial charge on any atom is 0.319 e. The van der Waals surface area contributed by atoms with Crippen molar-refractivity contribution < 1.29 is 14.3 Å². The Labute approximate surface area is 217 Å². The molecular weight excluding hydrogens is 446 g/mol. The second-order valence-corrected chi connectivity index (χ2v) is 14.4. The fourth-order valence-electron chi connectivity index (χ4n) is 10.6. The van der Waals surface area contributed by atoms with Crippen LogP contribution in [0.15, 0.2) is 23.3 Å². The lowest BCUT2D eigenvalue weighted by Crippen LogP contribution is -2.65. The van der Waals surface area contributed by atoms with Gasteiger partial charge >= 0.3 is 5.97 Å². The predicted molar refractivity (Wildman–Crippen MR) is 140 cm³/mol. The molecule has 0 bridgehead atoms. The van der Waals surface area contributed by atoms with Crippen LogP contribution >= 0.6 is 0 Å². The molecule has 196 valence electrons. The quantitative estimate of drug-likeness (QED) is 0.224. The number of ether oxygens (including phenoxy) is 1. The zero-order valence-electron chi connectivity index (χ0n) is 23.7. The van der Waals surface area contributed by atoms with E-state index in [1.807, 2.05) is 6.08 Å². The average Bonchev–Trinajstić information content (AvgIpc) is 2.84. The highest BCUT2D eigenvalue weighted by molar-refractivity contribution is 6.15. The fraction of sp³-hybridized carbons (Fsp3) is 0.781. The Morgan fingerprint density at radius 2 is 1.72 bits per heavy atom. The van der Waals surface area contributed by atoms with E-state index in [2.05, 4.69) is 53.7 Å². The van der Waals surface area contributed by atoms with Gasteiger partial charge in [0.15, 0.2) is 5.78 Å². The Balaban J connectivity index is 1.66. The van der Waals surface area contributed by atoms with E-state index in [1.54, 1.807) is 12.5 Å². The van der Waals surface area contributed by atoms with Crippen molar-refractivity contribution in [3.63, 3.8) is 0 Å². The molecule has 10 atom stereocenters. The van der Waals surface area contributed by atoms with Gasteiger partial charge in [-0.15, -0.1) is 0 Å². The van der Waals surface area contributed by atoms with E-state index in [-0.39, 0.29) is 34.0 Å². The summed E-state index contributed by atoms with van der Waals surface area (Å²) in [6.07, 6.45) is 12.4. The lowest BCUT2D eigenvalue weighted by molar-refractivity contribution is -0.181. The molecule has 4 heteroatoms.